The normalized spacial score (nSPS) is 11.4. The summed E-state index contributed by atoms with van der Waals surface area (Å²) in [7, 11) is -3.39. The molecule has 0 radical (unpaired) electrons. The van der Waals surface area contributed by atoms with Gasteiger partial charge < -0.3 is 5.32 Å². The van der Waals surface area contributed by atoms with Crippen LogP contribution in [0.25, 0.3) is 0 Å². The molecule has 0 unspecified atom stereocenters. The minimum absolute atomic E-state index is 0.0686. The van der Waals surface area contributed by atoms with E-state index in [1.807, 2.05) is 0 Å². The smallest absolute Gasteiger partial charge is 0.224 e. The molecule has 0 saturated heterocycles. The molecule has 1 amide bonds. The Morgan fingerprint density at radius 2 is 1.64 bits per heavy atom. The molecular formula is C22H28N2O3S. The van der Waals surface area contributed by atoms with E-state index in [4.69, 9.17) is 0 Å². The van der Waals surface area contributed by atoms with Gasteiger partial charge >= 0.3 is 0 Å². The van der Waals surface area contributed by atoms with Gasteiger partial charge in [0.2, 0.25) is 15.9 Å². The number of rotatable bonds is 10. The van der Waals surface area contributed by atoms with E-state index in [2.05, 4.69) is 54.7 Å². The van der Waals surface area contributed by atoms with Gasteiger partial charge in [-0.25, -0.2) is 13.1 Å². The Hall–Kier alpha value is -2.44. The molecule has 0 bridgehead atoms. The van der Waals surface area contributed by atoms with Gasteiger partial charge in [0, 0.05) is 18.7 Å². The number of amides is 1. The van der Waals surface area contributed by atoms with Crippen LogP contribution in [0.2, 0.25) is 0 Å². The molecule has 150 valence electrons. The zero-order chi connectivity index (χ0) is 20.6. The number of nitrogens with one attached hydrogen (secondary N) is 2. The SMILES string of the molecule is C=CCNS(=O)(=O)Cc1ccc(NC(=O)CCc2ccc(C(C)C)cc2)cc1. The Kier molecular flexibility index (Phi) is 7.96. The van der Waals surface area contributed by atoms with Gasteiger partial charge in [-0.1, -0.05) is 56.3 Å². The minimum Gasteiger partial charge on any atom is -0.326 e. The van der Waals surface area contributed by atoms with Gasteiger partial charge in [0.1, 0.15) is 0 Å². The Balaban J connectivity index is 1.84. The van der Waals surface area contributed by atoms with Crippen LogP contribution in [0.5, 0.6) is 0 Å². The summed E-state index contributed by atoms with van der Waals surface area (Å²) >= 11 is 0. The van der Waals surface area contributed by atoms with E-state index >= 15 is 0 Å². The molecule has 0 aliphatic heterocycles. The largest absolute Gasteiger partial charge is 0.326 e. The summed E-state index contributed by atoms with van der Waals surface area (Å²) in [5, 5.41) is 2.85. The molecule has 28 heavy (non-hydrogen) atoms. The van der Waals surface area contributed by atoms with Gasteiger partial charge in [-0.15, -0.1) is 6.58 Å². The molecule has 0 aliphatic rings. The van der Waals surface area contributed by atoms with E-state index in [1.54, 1.807) is 24.3 Å². The van der Waals surface area contributed by atoms with E-state index in [0.717, 1.165) is 5.56 Å². The fourth-order valence-electron chi connectivity index (χ4n) is 2.69. The van der Waals surface area contributed by atoms with Gasteiger partial charge in [-0.2, -0.15) is 0 Å². The molecule has 2 aromatic rings. The number of hydrogen-bond acceptors (Lipinski definition) is 3. The molecular weight excluding hydrogens is 372 g/mol. The third kappa shape index (κ3) is 7.29. The number of benzene rings is 2. The first kappa shape index (κ1) is 21.9. The van der Waals surface area contributed by atoms with Crippen LogP contribution in [-0.4, -0.2) is 20.9 Å². The van der Waals surface area contributed by atoms with Crippen LogP contribution in [0.15, 0.2) is 61.2 Å². The van der Waals surface area contributed by atoms with Crippen LogP contribution in [0.4, 0.5) is 5.69 Å². The summed E-state index contributed by atoms with van der Waals surface area (Å²) in [5.41, 5.74) is 3.72. The second-order valence-corrected chi connectivity index (χ2v) is 8.84. The first-order valence-electron chi connectivity index (χ1n) is 9.35. The molecule has 2 rings (SSSR count). The molecule has 0 aromatic heterocycles. The zero-order valence-corrected chi connectivity index (χ0v) is 17.3. The van der Waals surface area contributed by atoms with Crippen molar-refractivity contribution in [3.8, 4) is 0 Å². The first-order chi connectivity index (χ1) is 13.3. The lowest BCUT2D eigenvalue weighted by molar-refractivity contribution is -0.116. The van der Waals surface area contributed by atoms with Crippen molar-refractivity contribution in [1.82, 2.24) is 4.72 Å². The molecule has 0 aliphatic carbocycles. The van der Waals surface area contributed by atoms with Crippen LogP contribution >= 0.6 is 0 Å². The van der Waals surface area contributed by atoms with Crippen molar-refractivity contribution < 1.29 is 13.2 Å². The van der Waals surface area contributed by atoms with E-state index in [0.29, 0.717) is 30.0 Å². The van der Waals surface area contributed by atoms with Crippen LogP contribution < -0.4 is 10.0 Å². The summed E-state index contributed by atoms with van der Waals surface area (Å²) in [6, 6.07) is 15.2. The van der Waals surface area contributed by atoms with Crippen LogP contribution in [0.3, 0.4) is 0 Å². The molecule has 2 N–H and O–H groups in total. The molecule has 5 nitrogen and oxygen atoms in total. The zero-order valence-electron chi connectivity index (χ0n) is 16.4. The second-order valence-electron chi connectivity index (χ2n) is 7.04. The maximum atomic E-state index is 12.2. The topological polar surface area (TPSA) is 75.3 Å². The number of anilines is 1. The molecule has 0 atom stereocenters. The van der Waals surface area contributed by atoms with Gasteiger partial charge in [0.05, 0.1) is 5.75 Å². The van der Waals surface area contributed by atoms with Crippen LogP contribution in [0, 0.1) is 0 Å². The van der Waals surface area contributed by atoms with Crippen molar-refractivity contribution in [3.05, 3.63) is 77.9 Å². The predicted octanol–water partition coefficient (Wildman–Crippen LogP) is 3.99. The fourth-order valence-corrected chi connectivity index (χ4v) is 3.80. The van der Waals surface area contributed by atoms with Gasteiger partial charge in [0.25, 0.3) is 0 Å². The highest BCUT2D eigenvalue weighted by Crippen LogP contribution is 2.16. The molecule has 0 heterocycles. The lowest BCUT2D eigenvalue weighted by Crippen LogP contribution is -2.25. The van der Waals surface area contributed by atoms with E-state index < -0.39 is 10.0 Å². The molecule has 0 fully saturated rings. The van der Waals surface area contributed by atoms with Crippen molar-refractivity contribution in [2.45, 2.75) is 38.4 Å². The molecule has 0 saturated carbocycles. The lowest BCUT2D eigenvalue weighted by Gasteiger charge is -2.09. The summed E-state index contributed by atoms with van der Waals surface area (Å²) in [4.78, 5) is 12.2. The summed E-state index contributed by atoms with van der Waals surface area (Å²) in [6.45, 7) is 8.00. The lowest BCUT2D eigenvalue weighted by atomic mass is 10.0. The third-order valence-electron chi connectivity index (χ3n) is 4.33. The highest BCUT2D eigenvalue weighted by Gasteiger charge is 2.10. The Morgan fingerprint density at radius 3 is 2.21 bits per heavy atom. The number of sulfonamides is 1. The predicted molar refractivity (Wildman–Crippen MR) is 115 cm³/mol. The van der Waals surface area contributed by atoms with Gasteiger partial charge in [-0.05, 0) is 41.2 Å². The number of carbonyl (C=O) groups excluding carboxylic acids is 1. The second kappa shape index (κ2) is 10.2. The number of aryl methyl sites for hydroxylation is 1. The van der Waals surface area contributed by atoms with Crippen molar-refractivity contribution in [2.75, 3.05) is 11.9 Å². The van der Waals surface area contributed by atoms with Crippen molar-refractivity contribution in [1.29, 1.82) is 0 Å². The summed E-state index contributed by atoms with van der Waals surface area (Å²) < 4.78 is 26.2. The standard InChI is InChI=1S/C22H28N2O3S/c1-4-15-23-28(26,27)16-19-7-12-21(13-8-19)24-22(25)14-9-18-5-10-20(11-6-18)17(2)3/h4-8,10-13,17,23H,1,9,14-16H2,2-3H3,(H,24,25). The summed E-state index contributed by atoms with van der Waals surface area (Å²) in [5.74, 6) is 0.315. The molecule has 2 aromatic carbocycles. The highest BCUT2D eigenvalue weighted by atomic mass is 32.2. The van der Waals surface area contributed by atoms with Gasteiger partial charge in [-0.3, -0.25) is 4.79 Å². The number of carbonyl (C=O) groups is 1. The summed E-state index contributed by atoms with van der Waals surface area (Å²) in [6.07, 6.45) is 2.56. The average Bonchev–Trinajstić information content (AvgIpc) is 2.66. The maximum Gasteiger partial charge on any atom is 0.224 e. The number of hydrogen-bond donors (Lipinski definition) is 2. The van der Waals surface area contributed by atoms with Crippen LogP contribution in [-0.2, 0) is 27.0 Å². The first-order valence-corrected chi connectivity index (χ1v) is 11.0. The van der Waals surface area contributed by atoms with Crippen molar-refractivity contribution in [3.63, 3.8) is 0 Å². The van der Waals surface area contributed by atoms with E-state index in [9.17, 15) is 13.2 Å². The minimum atomic E-state index is -3.39. The fraction of sp³-hybridized carbons (Fsp3) is 0.318. The third-order valence-corrected chi connectivity index (χ3v) is 5.65. The van der Waals surface area contributed by atoms with E-state index in [1.165, 1.54) is 11.6 Å². The Morgan fingerprint density at radius 1 is 1.04 bits per heavy atom. The maximum absolute atomic E-state index is 12.2. The Labute approximate surface area is 167 Å². The quantitative estimate of drug-likeness (QED) is 0.592. The van der Waals surface area contributed by atoms with Gasteiger partial charge in [0.15, 0.2) is 0 Å². The van der Waals surface area contributed by atoms with E-state index in [-0.39, 0.29) is 18.2 Å². The van der Waals surface area contributed by atoms with Crippen molar-refractivity contribution >= 4 is 21.6 Å². The molecule has 6 heteroatoms. The molecule has 0 spiro atoms. The van der Waals surface area contributed by atoms with Crippen molar-refractivity contribution in [2.24, 2.45) is 0 Å². The monoisotopic (exact) mass is 400 g/mol. The van der Waals surface area contributed by atoms with Crippen LogP contribution in [0.1, 0.15) is 42.9 Å². The highest BCUT2D eigenvalue weighted by molar-refractivity contribution is 7.88. The average molecular weight is 401 g/mol. The Bertz CT molecular complexity index is 886.